The summed E-state index contributed by atoms with van der Waals surface area (Å²) in [6.07, 6.45) is 2.40. The van der Waals surface area contributed by atoms with Crippen molar-refractivity contribution < 1.29 is 8.42 Å². The molecule has 7 heteroatoms. The maximum absolute atomic E-state index is 11.7. The Morgan fingerprint density at radius 3 is 2.67 bits per heavy atom. The number of sulfone groups is 1. The van der Waals surface area contributed by atoms with Crippen molar-refractivity contribution in [3.63, 3.8) is 0 Å². The molecule has 0 aliphatic carbocycles. The molecule has 1 aromatic heterocycles. The van der Waals surface area contributed by atoms with Crippen molar-refractivity contribution in [1.29, 1.82) is 0 Å². The predicted molar refractivity (Wildman–Crippen MR) is 89.7 cm³/mol. The minimum Gasteiger partial charge on any atom is -0.268 e. The number of halogens is 2. The van der Waals surface area contributed by atoms with Crippen LogP contribution >= 0.6 is 27.5 Å². The average molecular weight is 398 g/mol. The van der Waals surface area contributed by atoms with E-state index in [1.54, 1.807) is 0 Å². The molecule has 1 aliphatic rings. The fourth-order valence-corrected chi connectivity index (χ4v) is 6.01. The van der Waals surface area contributed by atoms with Gasteiger partial charge >= 0.3 is 0 Å². The van der Waals surface area contributed by atoms with Crippen molar-refractivity contribution in [2.24, 2.45) is 11.8 Å². The fraction of sp³-hybridized carbons (Fsp3) is 0.786. The van der Waals surface area contributed by atoms with Gasteiger partial charge in [-0.2, -0.15) is 5.10 Å². The SMILES string of the molecule is CCc1nn(CC)c(CC(CCl)C2CCS(=O)(=O)C2)c1Br. The third kappa shape index (κ3) is 3.82. The van der Waals surface area contributed by atoms with Crippen molar-refractivity contribution in [2.45, 2.75) is 39.7 Å². The summed E-state index contributed by atoms with van der Waals surface area (Å²) in [5.74, 6) is 1.43. The monoisotopic (exact) mass is 396 g/mol. The molecule has 4 nitrogen and oxygen atoms in total. The standard InChI is InChI=1S/C14H22BrClN2O2S/c1-3-12-14(15)13(18(4-2)17-12)7-11(8-16)10-5-6-21(19,20)9-10/h10-11H,3-9H2,1-2H3. The first kappa shape index (κ1) is 17.3. The van der Waals surface area contributed by atoms with Crippen LogP contribution in [-0.4, -0.2) is 35.6 Å². The topological polar surface area (TPSA) is 52.0 Å². The molecule has 1 aromatic rings. The largest absolute Gasteiger partial charge is 0.268 e. The first-order valence-electron chi connectivity index (χ1n) is 7.42. The van der Waals surface area contributed by atoms with Gasteiger partial charge in [0, 0.05) is 12.4 Å². The molecule has 2 rings (SSSR count). The molecule has 0 amide bonds. The highest BCUT2D eigenvalue weighted by Gasteiger charge is 2.34. The van der Waals surface area contributed by atoms with Gasteiger partial charge in [-0.1, -0.05) is 6.92 Å². The molecule has 1 saturated heterocycles. The Balaban J connectivity index is 2.21. The van der Waals surface area contributed by atoms with Gasteiger partial charge in [-0.25, -0.2) is 8.42 Å². The van der Waals surface area contributed by atoms with Crippen molar-refractivity contribution in [3.8, 4) is 0 Å². The summed E-state index contributed by atoms with van der Waals surface area (Å²) < 4.78 is 26.4. The third-order valence-corrected chi connectivity index (χ3v) is 7.39. The molecule has 0 spiro atoms. The van der Waals surface area contributed by atoms with Crippen LogP contribution in [0.25, 0.3) is 0 Å². The molecular weight excluding hydrogens is 376 g/mol. The van der Waals surface area contributed by atoms with Crippen molar-refractivity contribution in [2.75, 3.05) is 17.4 Å². The van der Waals surface area contributed by atoms with Gasteiger partial charge in [-0.3, -0.25) is 4.68 Å². The van der Waals surface area contributed by atoms with E-state index in [2.05, 4.69) is 34.9 Å². The maximum Gasteiger partial charge on any atom is 0.150 e. The maximum atomic E-state index is 11.7. The highest BCUT2D eigenvalue weighted by Crippen LogP contribution is 2.32. The first-order valence-corrected chi connectivity index (χ1v) is 10.6. The zero-order valence-electron chi connectivity index (χ0n) is 12.5. The fourth-order valence-electron chi connectivity index (χ4n) is 3.00. The number of nitrogens with zero attached hydrogens (tertiary/aromatic N) is 2. The van der Waals surface area contributed by atoms with Gasteiger partial charge in [0.25, 0.3) is 0 Å². The van der Waals surface area contributed by atoms with E-state index < -0.39 is 9.84 Å². The van der Waals surface area contributed by atoms with E-state index in [0.717, 1.165) is 41.7 Å². The molecule has 21 heavy (non-hydrogen) atoms. The smallest absolute Gasteiger partial charge is 0.150 e. The number of aromatic nitrogens is 2. The molecule has 0 radical (unpaired) electrons. The molecule has 120 valence electrons. The van der Waals surface area contributed by atoms with Crippen molar-refractivity contribution in [3.05, 3.63) is 15.9 Å². The van der Waals surface area contributed by atoms with Crippen LogP contribution < -0.4 is 0 Å². The number of hydrogen-bond acceptors (Lipinski definition) is 3. The minimum absolute atomic E-state index is 0.171. The third-order valence-electron chi connectivity index (χ3n) is 4.28. The summed E-state index contributed by atoms with van der Waals surface area (Å²) >= 11 is 9.79. The van der Waals surface area contributed by atoms with Crippen molar-refractivity contribution >= 4 is 37.4 Å². The number of aryl methyl sites for hydroxylation is 2. The van der Waals surface area contributed by atoms with Gasteiger partial charge in [0.15, 0.2) is 9.84 Å². The Morgan fingerprint density at radius 1 is 1.48 bits per heavy atom. The Labute approximate surface area is 140 Å². The van der Waals surface area contributed by atoms with Crippen molar-refractivity contribution in [1.82, 2.24) is 9.78 Å². The molecule has 0 saturated carbocycles. The summed E-state index contributed by atoms with van der Waals surface area (Å²) in [5.41, 5.74) is 2.20. The summed E-state index contributed by atoms with van der Waals surface area (Å²) in [5, 5.41) is 4.60. The van der Waals surface area contributed by atoms with Crippen LogP contribution in [0.15, 0.2) is 4.47 Å². The summed E-state index contributed by atoms with van der Waals surface area (Å²) in [4.78, 5) is 0. The van der Waals surface area contributed by atoms with E-state index in [1.807, 2.05) is 4.68 Å². The van der Waals surface area contributed by atoms with Crippen LogP contribution in [0.3, 0.4) is 0 Å². The van der Waals surface area contributed by atoms with Crippen LogP contribution in [0.4, 0.5) is 0 Å². The first-order chi connectivity index (χ1) is 9.91. The molecular formula is C14H22BrClN2O2S. The predicted octanol–water partition coefficient (Wildman–Crippen LogP) is 3.06. The van der Waals surface area contributed by atoms with Gasteiger partial charge in [-0.05, 0) is 54.0 Å². The van der Waals surface area contributed by atoms with Gasteiger partial charge in [-0.15, -0.1) is 11.6 Å². The molecule has 2 atom stereocenters. The molecule has 1 aliphatic heterocycles. The second-order valence-electron chi connectivity index (χ2n) is 5.66. The van der Waals surface area contributed by atoms with Gasteiger partial charge < -0.3 is 0 Å². The Morgan fingerprint density at radius 2 is 2.19 bits per heavy atom. The highest BCUT2D eigenvalue weighted by atomic mass is 79.9. The molecule has 2 heterocycles. The number of alkyl halides is 1. The van der Waals surface area contributed by atoms with E-state index in [0.29, 0.717) is 11.6 Å². The van der Waals surface area contributed by atoms with E-state index in [-0.39, 0.29) is 17.6 Å². The van der Waals surface area contributed by atoms with Gasteiger partial charge in [0.1, 0.15) is 0 Å². The molecule has 0 N–H and O–H groups in total. The molecule has 2 unspecified atom stereocenters. The Bertz CT molecular complexity index is 600. The van der Waals surface area contributed by atoms with E-state index in [1.165, 1.54) is 0 Å². The normalized spacial score (nSPS) is 22.6. The van der Waals surface area contributed by atoms with Crippen LogP contribution in [-0.2, 0) is 29.2 Å². The lowest BCUT2D eigenvalue weighted by atomic mass is 9.89. The van der Waals surface area contributed by atoms with Crippen LogP contribution in [0.2, 0.25) is 0 Å². The van der Waals surface area contributed by atoms with E-state index in [4.69, 9.17) is 11.6 Å². The Hall–Kier alpha value is -0.0700. The van der Waals surface area contributed by atoms with Gasteiger partial charge in [0.05, 0.1) is 27.4 Å². The van der Waals surface area contributed by atoms with Gasteiger partial charge in [0.2, 0.25) is 0 Å². The van der Waals surface area contributed by atoms with Crippen LogP contribution in [0.1, 0.15) is 31.7 Å². The average Bonchev–Trinajstić information content (AvgIpc) is 2.96. The lowest BCUT2D eigenvalue weighted by Crippen LogP contribution is -2.22. The zero-order chi connectivity index (χ0) is 15.6. The zero-order valence-corrected chi connectivity index (χ0v) is 15.6. The summed E-state index contributed by atoms with van der Waals surface area (Å²) in [6.45, 7) is 4.96. The second kappa shape index (κ2) is 7.01. The lowest BCUT2D eigenvalue weighted by Gasteiger charge is -2.20. The minimum atomic E-state index is -2.86. The van der Waals surface area contributed by atoms with E-state index in [9.17, 15) is 8.42 Å². The Kier molecular flexibility index (Phi) is 5.77. The molecule has 1 fully saturated rings. The number of rotatable bonds is 6. The lowest BCUT2D eigenvalue weighted by molar-refractivity contribution is 0.386. The van der Waals surface area contributed by atoms with E-state index >= 15 is 0 Å². The second-order valence-corrected chi connectivity index (χ2v) is 8.99. The number of hydrogen-bond donors (Lipinski definition) is 0. The van der Waals surface area contributed by atoms with Crippen LogP contribution in [0, 0.1) is 11.8 Å². The highest BCUT2D eigenvalue weighted by molar-refractivity contribution is 9.10. The summed E-state index contributed by atoms with van der Waals surface area (Å²) in [6, 6.07) is 0. The quantitative estimate of drug-likeness (QED) is 0.693. The molecule has 0 aromatic carbocycles. The summed E-state index contributed by atoms with van der Waals surface area (Å²) in [7, 11) is -2.86. The molecule has 0 bridgehead atoms. The van der Waals surface area contributed by atoms with Crippen LogP contribution in [0.5, 0.6) is 0 Å².